The summed E-state index contributed by atoms with van der Waals surface area (Å²) in [5.74, 6) is -0.0718. The van der Waals surface area contributed by atoms with E-state index in [2.05, 4.69) is 10.2 Å². The lowest BCUT2D eigenvalue weighted by molar-refractivity contribution is -0.118. The molecule has 2 unspecified atom stereocenters. The van der Waals surface area contributed by atoms with Crippen molar-refractivity contribution >= 4 is 17.4 Å². The van der Waals surface area contributed by atoms with Gasteiger partial charge in [-0.15, -0.1) is 0 Å². The minimum absolute atomic E-state index is 0.0100. The average Bonchev–Trinajstić information content (AvgIpc) is 2.47. The molecule has 0 aromatic heterocycles. The Balaban J connectivity index is 1.97. The molecule has 1 amide bonds. The second-order valence-corrected chi connectivity index (χ2v) is 6.08. The van der Waals surface area contributed by atoms with Crippen LogP contribution in [0, 0.1) is 0 Å². The van der Waals surface area contributed by atoms with Crippen molar-refractivity contribution in [2.24, 2.45) is 5.73 Å². The largest absolute Gasteiger partial charge is 0.327 e. The van der Waals surface area contributed by atoms with Crippen LogP contribution in [0.2, 0.25) is 0 Å². The van der Waals surface area contributed by atoms with Crippen LogP contribution in [0.4, 0.5) is 5.69 Å². The number of nitrogens with two attached hydrogens (primary N) is 1. The molecule has 0 spiro atoms. The number of Topliss-reactive ketones (excluding diaryl/α,β-unsaturated/α-hetero) is 1. The van der Waals surface area contributed by atoms with Crippen molar-refractivity contribution in [1.29, 1.82) is 0 Å². The molecule has 1 saturated heterocycles. The molecular formula is C17H25N3O2. The zero-order valence-electron chi connectivity index (χ0n) is 13.3. The maximum Gasteiger partial charge on any atom is 0.238 e. The number of ketones is 1. The van der Waals surface area contributed by atoms with Gasteiger partial charge in [0.2, 0.25) is 5.91 Å². The number of hydrogen-bond acceptors (Lipinski definition) is 4. The van der Waals surface area contributed by atoms with Crippen LogP contribution in [0.25, 0.3) is 0 Å². The van der Waals surface area contributed by atoms with Gasteiger partial charge in [0, 0.05) is 23.3 Å². The SMILES string of the molecule is CC(=O)c1cccc(NC(=O)CN2CCCCC2C(C)N)c1. The minimum atomic E-state index is -0.0618. The fourth-order valence-electron chi connectivity index (χ4n) is 3.01. The molecule has 3 N–H and O–H groups in total. The highest BCUT2D eigenvalue weighted by atomic mass is 16.2. The van der Waals surface area contributed by atoms with Crippen LogP contribution >= 0.6 is 0 Å². The van der Waals surface area contributed by atoms with Crippen LogP contribution in [-0.4, -0.2) is 41.8 Å². The number of hydrogen-bond donors (Lipinski definition) is 2. The van der Waals surface area contributed by atoms with Gasteiger partial charge in [-0.2, -0.15) is 0 Å². The van der Waals surface area contributed by atoms with E-state index in [1.807, 2.05) is 6.92 Å². The van der Waals surface area contributed by atoms with Crippen molar-refractivity contribution in [2.45, 2.75) is 45.2 Å². The molecule has 1 fully saturated rings. The summed E-state index contributed by atoms with van der Waals surface area (Å²) >= 11 is 0. The lowest BCUT2D eigenvalue weighted by Crippen LogP contribution is -2.51. The topological polar surface area (TPSA) is 75.4 Å². The molecule has 1 aromatic carbocycles. The van der Waals surface area contributed by atoms with Crippen LogP contribution in [-0.2, 0) is 4.79 Å². The summed E-state index contributed by atoms with van der Waals surface area (Å²) in [5.41, 5.74) is 7.29. The third kappa shape index (κ3) is 4.39. The normalized spacial score (nSPS) is 20.4. The molecule has 5 nitrogen and oxygen atoms in total. The van der Waals surface area contributed by atoms with E-state index < -0.39 is 0 Å². The minimum Gasteiger partial charge on any atom is -0.327 e. The van der Waals surface area contributed by atoms with E-state index in [1.165, 1.54) is 13.3 Å². The number of rotatable bonds is 5. The molecule has 0 radical (unpaired) electrons. The van der Waals surface area contributed by atoms with Crippen LogP contribution in [0.5, 0.6) is 0 Å². The summed E-state index contributed by atoms with van der Waals surface area (Å²) in [6.07, 6.45) is 3.33. The summed E-state index contributed by atoms with van der Waals surface area (Å²) in [4.78, 5) is 25.8. The molecule has 22 heavy (non-hydrogen) atoms. The maximum atomic E-state index is 12.3. The Morgan fingerprint density at radius 1 is 1.41 bits per heavy atom. The summed E-state index contributed by atoms with van der Waals surface area (Å²) in [5, 5.41) is 2.87. The Kier molecular flexibility index (Phi) is 5.69. The molecule has 1 aromatic rings. The first-order valence-electron chi connectivity index (χ1n) is 7.88. The Bertz CT molecular complexity index is 542. The molecule has 0 saturated carbocycles. The molecule has 120 valence electrons. The predicted octanol–water partition coefficient (Wildman–Crippen LogP) is 2.03. The highest BCUT2D eigenvalue weighted by Crippen LogP contribution is 2.19. The maximum absolute atomic E-state index is 12.3. The third-order valence-corrected chi connectivity index (χ3v) is 4.17. The molecule has 2 atom stereocenters. The van der Waals surface area contributed by atoms with Gasteiger partial charge in [-0.05, 0) is 45.4 Å². The first-order chi connectivity index (χ1) is 10.5. The fraction of sp³-hybridized carbons (Fsp3) is 0.529. The van der Waals surface area contributed by atoms with Crippen LogP contribution in [0.15, 0.2) is 24.3 Å². The van der Waals surface area contributed by atoms with Gasteiger partial charge in [-0.1, -0.05) is 18.6 Å². The molecule has 1 heterocycles. The van der Waals surface area contributed by atoms with Crippen molar-refractivity contribution in [2.75, 3.05) is 18.4 Å². The van der Waals surface area contributed by atoms with Gasteiger partial charge in [0.25, 0.3) is 0 Å². The summed E-state index contributed by atoms with van der Waals surface area (Å²) in [6.45, 7) is 4.77. The van der Waals surface area contributed by atoms with Gasteiger partial charge in [-0.25, -0.2) is 0 Å². The van der Waals surface area contributed by atoms with Gasteiger partial charge >= 0.3 is 0 Å². The number of anilines is 1. The lowest BCUT2D eigenvalue weighted by atomic mass is 9.97. The van der Waals surface area contributed by atoms with E-state index in [0.717, 1.165) is 19.4 Å². The smallest absolute Gasteiger partial charge is 0.238 e. The fourth-order valence-corrected chi connectivity index (χ4v) is 3.01. The molecular weight excluding hydrogens is 278 g/mol. The van der Waals surface area contributed by atoms with E-state index in [1.54, 1.807) is 24.3 Å². The first-order valence-corrected chi connectivity index (χ1v) is 7.88. The second kappa shape index (κ2) is 7.51. The number of nitrogens with one attached hydrogen (secondary N) is 1. The number of benzene rings is 1. The highest BCUT2D eigenvalue weighted by Gasteiger charge is 2.26. The van der Waals surface area contributed by atoms with E-state index in [-0.39, 0.29) is 23.8 Å². The Morgan fingerprint density at radius 3 is 2.86 bits per heavy atom. The van der Waals surface area contributed by atoms with Crippen LogP contribution in [0.1, 0.15) is 43.5 Å². The van der Waals surface area contributed by atoms with Crippen molar-refractivity contribution < 1.29 is 9.59 Å². The van der Waals surface area contributed by atoms with Crippen LogP contribution in [0.3, 0.4) is 0 Å². The number of nitrogens with zero attached hydrogens (tertiary/aromatic N) is 1. The standard InChI is InChI=1S/C17H25N3O2/c1-12(18)16-8-3-4-9-20(16)11-17(22)19-15-7-5-6-14(10-15)13(2)21/h5-7,10,12,16H,3-4,8-9,11,18H2,1-2H3,(H,19,22). The van der Waals surface area contributed by atoms with Crippen molar-refractivity contribution in [3.8, 4) is 0 Å². The van der Waals surface area contributed by atoms with Gasteiger partial charge < -0.3 is 11.1 Å². The van der Waals surface area contributed by atoms with Crippen molar-refractivity contribution in [3.05, 3.63) is 29.8 Å². The zero-order chi connectivity index (χ0) is 16.1. The number of carbonyl (C=O) groups is 2. The molecule has 2 rings (SSSR count). The molecule has 5 heteroatoms. The Morgan fingerprint density at radius 2 is 2.18 bits per heavy atom. The van der Waals surface area contributed by atoms with Gasteiger partial charge in [-0.3, -0.25) is 14.5 Å². The molecule has 1 aliphatic heterocycles. The predicted molar refractivity (Wildman–Crippen MR) is 87.9 cm³/mol. The van der Waals surface area contributed by atoms with Gasteiger partial charge in [0.15, 0.2) is 5.78 Å². The summed E-state index contributed by atoms with van der Waals surface area (Å²) in [7, 11) is 0. The zero-order valence-corrected chi connectivity index (χ0v) is 13.3. The first kappa shape index (κ1) is 16.6. The highest BCUT2D eigenvalue weighted by molar-refractivity contribution is 5.97. The molecule has 1 aliphatic rings. The van der Waals surface area contributed by atoms with Crippen LogP contribution < -0.4 is 11.1 Å². The van der Waals surface area contributed by atoms with Gasteiger partial charge in [0.05, 0.1) is 6.54 Å². The number of likely N-dealkylation sites (tertiary alicyclic amines) is 1. The number of amides is 1. The third-order valence-electron chi connectivity index (χ3n) is 4.17. The van der Waals surface area contributed by atoms with E-state index in [4.69, 9.17) is 5.73 Å². The molecule has 0 aliphatic carbocycles. The summed E-state index contributed by atoms with van der Waals surface area (Å²) in [6, 6.07) is 7.35. The molecule has 0 bridgehead atoms. The Labute approximate surface area is 131 Å². The van der Waals surface area contributed by atoms with E-state index >= 15 is 0 Å². The number of piperidine rings is 1. The van der Waals surface area contributed by atoms with Gasteiger partial charge in [0.1, 0.15) is 0 Å². The second-order valence-electron chi connectivity index (χ2n) is 6.08. The average molecular weight is 303 g/mol. The lowest BCUT2D eigenvalue weighted by Gasteiger charge is -2.37. The van der Waals surface area contributed by atoms with E-state index in [0.29, 0.717) is 17.8 Å². The van der Waals surface area contributed by atoms with Crippen molar-refractivity contribution in [1.82, 2.24) is 4.90 Å². The van der Waals surface area contributed by atoms with E-state index in [9.17, 15) is 9.59 Å². The quantitative estimate of drug-likeness (QED) is 0.816. The van der Waals surface area contributed by atoms with Crippen molar-refractivity contribution in [3.63, 3.8) is 0 Å². The monoisotopic (exact) mass is 303 g/mol. The number of carbonyl (C=O) groups excluding carboxylic acids is 2. The summed E-state index contributed by atoms with van der Waals surface area (Å²) < 4.78 is 0. The Hall–Kier alpha value is -1.72.